The van der Waals surface area contributed by atoms with Gasteiger partial charge in [0.25, 0.3) is 0 Å². The Balaban J connectivity index is 2.30. The second-order valence-corrected chi connectivity index (χ2v) is 4.39. The van der Waals surface area contributed by atoms with Gasteiger partial charge in [-0.05, 0) is 23.6 Å². The molecule has 0 saturated carbocycles. The molecule has 1 aliphatic heterocycles. The van der Waals surface area contributed by atoms with E-state index in [9.17, 15) is 0 Å². The Morgan fingerprint density at radius 1 is 1.36 bits per heavy atom. The van der Waals surface area contributed by atoms with Crippen LogP contribution in [0.25, 0.3) is 6.08 Å². The van der Waals surface area contributed by atoms with Gasteiger partial charge in [-0.15, -0.1) is 0 Å². The van der Waals surface area contributed by atoms with E-state index in [2.05, 4.69) is 64.3 Å². The summed E-state index contributed by atoms with van der Waals surface area (Å²) in [5.41, 5.74) is 2.69. The van der Waals surface area contributed by atoms with Gasteiger partial charge in [0.1, 0.15) is 4.95 Å². The molecule has 1 aromatic carbocycles. The van der Waals surface area contributed by atoms with Crippen LogP contribution < -0.4 is 0 Å². The van der Waals surface area contributed by atoms with Crippen LogP contribution in [0.5, 0.6) is 0 Å². The molecule has 0 bridgehead atoms. The summed E-state index contributed by atoms with van der Waals surface area (Å²) in [5, 5.41) is 0. The molecular formula is C12H14BrN. The fourth-order valence-corrected chi connectivity index (χ4v) is 2.51. The molecule has 0 fully saturated rings. The first kappa shape index (κ1) is 9.78. The number of benzene rings is 1. The smallest absolute Gasteiger partial charge is 0.110 e. The fraction of sp³-hybridized carbons (Fsp3) is 0.333. The van der Waals surface area contributed by atoms with Gasteiger partial charge in [0, 0.05) is 12.7 Å². The predicted octanol–water partition coefficient (Wildman–Crippen LogP) is 3.78. The van der Waals surface area contributed by atoms with Crippen LogP contribution in [0.3, 0.4) is 0 Å². The van der Waals surface area contributed by atoms with E-state index in [0.29, 0.717) is 4.95 Å². The quantitative estimate of drug-likeness (QED) is 0.572. The van der Waals surface area contributed by atoms with Crippen LogP contribution in [0, 0.1) is 0 Å². The van der Waals surface area contributed by atoms with Gasteiger partial charge in [-0.1, -0.05) is 47.1 Å². The van der Waals surface area contributed by atoms with Crippen molar-refractivity contribution in [2.45, 2.75) is 18.3 Å². The highest BCUT2D eigenvalue weighted by Gasteiger charge is 2.18. The lowest BCUT2D eigenvalue weighted by Crippen LogP contribution is -2.23. The van der Waals surface area contributed by atoms with Gasteiger partial charge in [0.15, 0.2) is 0 Å². The first-order valence-electron chi connectivity index (χ1n) is 5.00. The van der Waals surface area contributed by atoms with Gasteiger partial charge < -0.3 is 4.90 Å². The second kappa shape index (κ2) is 4.18. The number of halogens is 1. The number of hydrogen-bond acceptors (Lipinski definition) is 1. The normalized spacial score (nSPS) is 19.6. The van der Waals surface area contributed by atoms with Crippen molar-refractivity contribution in [3.63, 3.8) is 0 Å². The summed E-state index contributed by atoms with van der Waals surface area (Å²) >= 11 is 3.73. The van der Waals surface area contributed by atoms with Crippen LogP contribution in [0.2, 0.25) is 0 Å². The van der Waals surface area contributed by atoms with Gasteiger partial charge in [-0.2, -0.15) is 0 Å². The van der Waals surface area contributed by atoms with E-state index in [1.165, 1.54) is 17.5 Å². The van der Waals surface area contributed by atoms with Crippen LogP contribution in [0.4, 0.5) is 0 Å². The van der Waals surface area contributed by atoms with Gasteiger partial charge >= 0.3 is 0 Å². The number of hydrogen-bond donors (Lipinski definition) is 0. The number of fused-ring (bicyclic) bond motifs is 1. The molecule has 1 heterocycles. The van der Waals surface area contributed by atoms with Crippen molar-refractivity contribution in [2.75, 3.05) is 6.54 Å². The van der Waals surface area contributed by atoms with Gasteiger partial charge in [-0.3, -0.25) is 0 Å². The standard InChI is InChI=1S/C12H14BrN/c1-2-8-14-9-7-10-5-3-4-6-11(10)12(14)13/h3-7,9,12H,2,8H2,1H3. The maximum atomic E-state index is 3.73. The molecule has 0 aliphatic carbocycles. The topological polar surface area (TPSA) is 3.24 Å². The van der Waals surface area contributed by atoms with E-state index in [-0.39, 0.29) is 0 Å². The molecule has 0 aromatic heterocycles. The van der Waals surface area contributed by atoms with E-state index < -0.39 is 0 Å². The largest absolute Gasteiger partial charge is 0.361 e. The van der Waals surface area contributed by atoms with Crippen molar-refractivity contribution >= 4 is 22.0 Å². The highest BCUT2D eigenvalue weighted by molar-refractivity contribution is 9.09. The van der Waals surface area contributed by atoms with Gasteiger partial charge in [0.2, 0.25) is 0 Å². The molecule has 1 aromatic rings. The molecule has 0 saturated heterocycles. The highest BCUT2D eigenvalue weighted by Crippen LogP contribution is 2.34. The van der Waals surface area contributed by atoms with Crippen LogP contribution in [0.15, 0.2) is 30.5 Å². The van der Waals surface area contributed by atoms with Crippen molar-refractivity contribution < 1.29 is 0 Å². The summed E-state index contributed by atoms with van der Waals surface area (Å²) in [6.07, 6.45) is 5.53. The molecule has 1 unspecified atom stereocenters. The summed E-state index contributed by atoms with van der Waals surface area (Å²) in [7, 11) is 0. The molecule has 0 radical (unpaired) electrons. The first-order chi connectivity index (χ1) is 6.83. The molecule has 14 heavy (non-hydrogen) atoms. The molecule has 0 amide bonds. The van der Waals surface area contributed by atoms with Crippen LogP contribution in [-0.4, -0.2) is 11.4 Å². The predicted molar refractivity (Wildman–Crippen MR) is 64.1 cm³/mol. The Bertz CT molecular complexity index is 346. The maximum absolute atomic E-state index is 3.73. The zero-order valence-corrected chi connectivity index (χ0v) is 9.87. The van der Waals surface area contributed by atoms with Gasteiger partial charge in [0.05, 0.1) is 0 Å². The summed E-state index contributed by atoms with van der Waals surface area (Å²) in [4.78, 5) is 2.66. The van der Waals surface area contributed by atoms with E-state index in [1.54, 1.807) is 0 Å². The molecule has 2 rings (SSSR count). The Morgan fingerprint density at radius 3 is 2.93 bits per heavy atom. The molecular weight excluding hydrogens is 238 g/mol. The van der Waals surface area contributed by atoms with E-state index in [1.807, 2.05) is 0 Å². The third kappa shape index (κ3) is 1.71. The third-order valence-corrected chi connectivity index (χ3v) is 3.49. The molecule has 0 spiro atoms. The summed E-state index contributed by atoms with van der Waals surface area (Å²) in [6, 6.07) is 8.51. The average molecular weight is 252 g/mol. The Labute approximate surface area is 93.6 Å². The Kier molecular flexibility index (Phi) is 2.92. The molecule has 0 N–H and O–H groups in total. The van der Waals surface area contributed by atoms with Crippen molar-refractivity contribution in [1.82, 2.24) is 4.90 Å². The monoisotopic (exact) mass is 251 g/mol. The van der Waals surface area contributed by atoms with Crippen LogP contribution in [0.1, 0.15) is 29.4 Å². The lowest BCUT2D eigenvalue weighted by molar-refractivity contribution is 0.363. The van der Waals surface area contributed by atoms with Crippen LogP contribution >= 0.6 is 15.9 Å². The number of nitrogens with zero attached hydrogens (tertiary/aromatic N) is 1. The number of rotatable bonds is 2. The zero-order valence-electron chi connectivity index (χ0n) is 8.28. The highest BCUT2D eigenvalue weighted by atomic mass is 79.9. The van der Waals surface area contributed by atoms with Crippen molar-refractivity contribution in [3.05, 3.63) is 41.6 Å². The van der Waals surface area contributed by atoms with E-state index in [4.69, 9.17) is 0 Å². The lowest BCUT2D eigenvalue weighted by Gasteiger charge is -2.30. The molecule has 74 valence electrons. The minimum Gasteiger partial charge on any atom is -0.361 e. The third-order valence-electron chi connectivity index (χ3n) is 2.47. The molecule has 1 atom stereocenters. The van der Waals surface area contributed by atoms with Gasteiger partial charge in [-0.25, -0.2) is 0 Å². The van der Waals surface area contributed by atoms with Crippen molar-refractivity contribution in [3.8, 4) is 0 Å². The summed E-state index contributed by atoms with van der Waals surface area (Å²) in [6.45, 7) is 3.30. The fourth-order valence-electron chi connectivity index (χ4n) is 1.76. The zero-order chi connectivity index (χ0) is 9.97. The Morgan fingerprint density at radius 2 is 2.14 bits per heavy atom. The van der Waals surface area contributed by atoms with Crippen molar-refractivity contribution in [2.24, 2.45) is 0 Å². The van der Waals surface area contributed by atoms with E-state index >= 15 is 0 Å². The Hall–Kier alpha value is -0.760. The summed E-state index contributed by atoms with van der Waals surface area (Å²) in [5.74, 6) is 0. The molecule has 2 heteroatoms. The SMILES string of the molecule is CCCN1C=Cc2ccccc2C1Br. The lowest BCUT2D eigenvalue weighted by atomic mass is 10.0. The first-order valence-corrected chi connectivity index (χ1v) is 5.91. The average Bonchev–Trinajstić information content (AvgIpc) is 2.23. The maximum Gasteiger partial charge on any atom is 0.110 e. The molecule has 1 aliphatic rings. The molecule has 1 nitrogen and oxygen atoms in total. The second-order valence-electron chi connectivity index (χ2n) is 3.52. The minimum atomic E-state index is 0.337. The van der Waals surface area contributed by atoms with Crippen LogP contribution in [-0.2, 0) is 0 Å². The van der Waals surface area contributed by atoms with Crippen molar-refractivity contribution in [1.29, 1.82) is 0 Å². The minimum absolute atomic E-state index is 0.337. The van der Waals surface area contributed by atoms with E-state index in [0.717, 1.165) is 6.54 Å². The number of alkyl halides is 1. The summed E-state index contributed by atoms with van der Waals surface area (Å²) < 4.78 is 0.